The molecule has 1 heterocycles. The van der Waals surface area contributed by atoms with Gasteiger partial charge >= 0.3 is 6.09 Å². The molecule has 0 aliphatic carbocycles. The summed E-state index contributed by atoms with van der Waals surface area (Å²) < 4.78 is 31.0. The van der Waals surface area contributed by atoms with Crippen LogP contribution in [0.2, 0.25) is 0 Å². The molecule has 10 heteroatoms. The van der Waals surface area contributed by atoms with Crippen LogP contribution in [-0.4, -0.2) is 75.0 Å². The number of nitrogens with zero attached hydrogens (tertiary/aromatic N) is 2. The number of aliphatic imine (C=N–C) groups is 1. The van der Waals surface area contributed by atoms with Crippen molar-refractivity contribution in [1.82, 2.24) is 20.3 Å². The number of likely N-dealkylation sites (tertiary alicyclic amines) is 1. The lowest BCUT2D eigenvalue weighted by atomic mass is 10.1. The molecular formula is C18H37N5O4S. The van der Waals surface area contributed by atoms with Crippen molar-refractivity contribution in [2.75, 3.05) is 32.4 Å². The number of carbonyl (C=O) groups excluding carboxylic acids is 1. The Morgan fingerprint density at radius 3 is 2.43 bits per heavy atom. The molecule has 0 saturated carbocycles. The van der Waals surface area contributed by atoms with Crippen molar-refractivity contribution in [2.45, 2.75) is 71.6 Å². The van der Waals surface area contributed by atoms with Gasteiger partial charge in [-0.3, -0.25) is 4.99 Å². The standard InChI is InChI=1S/C18H37N5O4S/c1-8-19-15(20-13-18(5,6)22-28(7,25)26)21-14-10-9-11-23(12-14)16(24)27-17(2,3)4/h14,22H,8-13H2,1-7H3,(H2,19,20,21). The van der Waals surface area contributed by atoms with Gasteiger partial charge in [-0.1, -0.05) is 0 Å². The fourth-order valence-electron chi connectivity index (χ4n) is 2.91. The van der Waals surface area contributed by atoms with Gasteiger partial charge in [-0.05, 0) is 54.4 Å². The minimum atomic E-state index is -3.32. The number of nitrogens with one attached hydrogen (secondary N) is 3. The van der Waals surface area contributed by atoms with E-state index in [1.807, 2.05) is 27.7 Å². The van der Waals surface area contributed by atoms with Crippen LogP contribution in [0.25, 0.3) is 0 Å². The maximum Gasteiger partial charge on any atom is 0.410 e. The summed E-state index contributed by atoms with van der Waals surface area (Å²) in [6.07, 6.45) is 2.61. The number of rotatable bonds is 6. The Bertz CT molecular complexity index is 655. The molecule has 0 aromatic rings. The van der Waals surface area contributed by atoms with Gasteiger partial charge in [0, 0.05) is 31.2 Å². The van der Waals surface area contributed by atoms with Crippen LogP contribution < -0.4 is 15.4 Å². The highest BCUT2D eigenvalue weighted by Gasteiger charge is 2.28. The first-order valence-corrected chi connectivity index (χ1v) is 11.6. The van der Waals surface area contributed by atoms with Gasteiger partial charge in [-0.15, -0.1) is 0 Å². The number of hydrogen-bond donors (Lipinski definition) is 3. The molecule has 9 nitrogen and oxygen atoms in total. The minimum Gasteiger partial charge on any atom is -0.444 e. The number of guanidine groups is 1. The normalized spacial score (nSPS) is 19.3. The van der Waals surface area contributed by atoms with Crippen LogP contribution >= 0.6 is 0 Å². The van der Waals surface area contributed by atoms with Crippen molar-refractivity contribution in [2.24, 2.45) is 4.99 Å². The first kappa shape index (κ1) is 24.5. The largest absolute Gasteiger partial charge is 0.444 e. The highest BCUT2D eigenvalue weighted by Crippen LogP contribution is 2.15. The Labute approximate surface area is 169 Å². The first-order valence-electron chi connectivity index (χ1n) is 9.72. The smallest absolute Gasteiger partial charge is 0.410 e. The van der Waals surface area contributed by atoms with E-state index >= 15 is 0 Å². The number of hydrogen-bond acceptors (Lipinski definition) is 5. The quantitative estimate of drug-likeness (QED) is 0.441. The maximum absolute atomic E-state index is 12.3. The van der Waals surface area contributed by atoms with E-state index in [2.05, 4.69) is 20.3 Å². The van der Waals surface area contributed by atoms with Crippen molar-refractivity contribution in [3.63, 3.8) is 0 Å². The van der Waals surface area contributed by atoms with E-state index in [-0.39, 0.29) is 18.7 Å². The average molecular weight is 420 g/mol. The van der Waals surface area contributed by atoms with Gasteiger partial charge in [0.2, 0.25) is 10.0 Å². The van der Waals surface area contributed by atoms with Gasteiger partial charge in [0.1, 0.15) is 5.60 Å². The molecular weight excluding hydrogens is 382 g/mol. The molecule has 3 N–H and O–H groups in total. The Morgan fingerprint density at radius 2 is 1.89 bits per heavy atom. The maximum atomic E-state index is 12.3. The lowest BCUT2D eigenvalue weighted by Gasteiger charge is -2.35. The van der Waals surface area contributed by atoms with Crippen LogP contribution in [0, 0.1) is 0 Å². The number of sulfonamides is 1. The molecule has 1 aliphatic rings. The molecule has 1 aliphatic heterocycles. The number of amides is 1. The zero-order valence-electron chi connectivity index (χ0n) is 18.3. The highest BCUT2D eigenvalue weighted by molar-refractivity contribution is 7.88. The highest BCUT2D eigenvalue weighted by atomic mass is 32.2. The van der Waals surface area contributed by atoms with E-state index in [9.17, 15) is 13.2 Å². The summed E-state index contributed by atoms with van der Waals surface area (Å²) in [5, 5.41) is 6.53. The molecule has 0 bridgehead atoms. The molecule has 164 valence electrons. The van der Waals surface area contributed by atoms with Crippen molar-refractivity contribution < 1.29 is 17.9 Å². The van der Waals surface area contributed by atoms with Gasteiger partial charge in [-0.25, -0.2) is 17.9 Å². The van der Waals surface area contributed by atoms with E-state index in [1.165, 1.54) is 0 Å². The molecule has 1 atom stereocenters. The SMILES string of the molecule is CCNC(=NCC(C)(C)NS(C)(=O)=O)NC1CCCN(C(=O)OC(C)(C)C)C1. The van der Waals surface area contributed by atoms with Crippen molar-refractivity contribution in [3.05, 3.63) is 0 Å². The Kier molecular flexibility index (Phi) is 8.55. The van der Waals surface area contributed by atoms with E-state index in [0.717, 1.165) is 19.1 Å². The summed E-state index contributed by atoms with van der Waals surface area (Å²) in [6, 6.07) is 0.0463. The summed E-state index contributed by atoms with van der Waals surface area (Å²) in [7, 11) is -3.32. The van der Waals surface area contributed by atoms with Crippen molar-refractivity contribution in [3.8, 4) is 0 Å². The second kappa shape index (κ2) is 9.78. The van der Waals surface area contributed by atoms with Crippen LogP contribution in [0.15, 0.2) is 4.99 Å². The van der Waals surface area contributed by atoms with Gasteiger partial charge in [0.05, 0.1) is 12.8 Å². The van der Waals surface area contributed by atoms with E-state index in [1.54, 1.807) is 18.7 Å². The fourth-order valence-corrected chi connectivity index (χ4v) is 3.98. The molecule has 1 rings (SSSR count). The van der Waals surface area contributed by atoms with Gasteiger partial charge in [0.15, 0.2) is 5.96 Å². The van der Waals surface area contributed by atoms with Crippen molar-refractivity contribution in [1.29, 1.82) is 0 Å². The minimum absolute atomic E-state index is 0.0463. The third kappa shape index (κ3) is 10.1. The first-order chi connectivity index (χ1) is 12.7. The number of ether oxygens (including phenoxy) is 1. The predicted molar refractivity (Wildman–Crippen MR) is 112 cm³/mol. The van der Waals surface area contributed by atoms with E-state index in [4.69, 9.17) is 4.74 Å². The third-order valence-electron chi connectivity index (χ3n) is 3.85. The fraction of sp³-hybridized carbons (Fsp3) is 0.889. The molecule has 0 aromatic heterocycles. The van der Waals surface area contributed by atoms with Gasteiger partial charge < -0.3 is 20.3 Å². The zero-order valence-corrected chi connectivity index (χ0v) is 19.1. The summed E-state index contributed by atoms with van der Waals surface area (Å²) in [4.78, 5) is 18.6. The summed E-state index contributed by atoms with van der Waals surface area (Å²) in [5.41, 5.74) is -1.23. The Morgan fingerprint density at radius 1 is 1.25 bits per heavy atom. The predicted octanol–water partition coefficient (Wildman–Crippen LogP) is 1.27. The topological polar surface area (TPSA) is 112 Å². The van der Waals surface area contributed by atoms with Crippen LogP contribution in [0.5, 0.6) is 0 Å². The molecule has 0 aromatic carbocycles. The number of piperidine rings is 1. The van der Waals surface area contributed by atoms with Gasteiger partial charge in [-0.2, -0.15) is 0 Å². The Hall–Kier alpha value is -1.55. The van der Waals surface area contributed by atoms with E-state index < -0.39 is 21.2 Å². The zero-order chi connectivity index (χ0) is 21.6. The second-order valence-corrected chi connectivity index (χ2v) is 10.6. The van der Waals surface area contributed by atoms with Crippen LogP contribution in [0.1, 0.15) is 54.4 Å². The third-order valence-corrected chi connectivity index (χ3v) is 4.78. The van der Waals surface area contributed by atoms with Gasteiger partial charge in [0.25, 0.3) is 0 Å². The molecule has 0 radical (unpaired) electrons. The molecule has 1 fully saturated rings. The molecule has 1 unspecified atom stereocenters. The molecule has 28 heavy (non-hydrogen) atoms. The lowest BCUT2D eigenvalue weighted by Crippen LogP contribution is -2.53. The molecule has 1 saturated heterocycles. The second-order valence-electron chi connectivity index (χ2n) is 8.86. The van der Waals surface area contributed by atoms with Crippen LogP contribution in [0.3, 0.4) is 0 Å². The summed E-state index contributed by atoms with van der Waals surface area (Å²) in [6.45, 7) is 13.2. The average Bonchev–Trinajstić information content (AvgIpc) is 2.49. The summed E-state index contributed by atoms with van der Waals surface area (Å²) in [5.74, 6) is 0.599. The Balaban J connectivity index is 2.73. The number of carbonyl (C=O) groups is 1. The molecule has 1 amide bonds. The van der Waals surface area contributed by atoms with E-state index in [0.29, 0.717) is 25.6 Å². The molecule has 0 spiro atoms. The summed E-state index contributed by atoms with van der Waals surface area (Å²) >= 11 is 0. The van der Waals surface area contributed by atoms with Crippen molar-refractivity contribution >= 4 is 22.1 Å². The lowest BCUT2D eigenvalue weighted by molar-refractivity contribution is 0.0193. The van der Waals surface area contributed by atoms with Crippen LogP contribution in [-0.2, 0) is 14.8 Å². The monoisotopic (exact) mass is 419 g/mol. The van der Waals surface area contributed by atoms with Crippen LogP contribution in [0.4, 0.5) is 4.79 Å².